The second-order valence-electron chi connectivity index (χ2n) is 5.89. The monoisotopic (exact) mass is 317 g/mol. The lowest BCUT2D eigenvalue weighted by Crippen LogP contribution is -2.39. The topological polar surface area (TPSA) is 29.5 Å². The van der Waals surface area contributed by atoms with Crippen LogP contribution in [0.3, 0.4) is 0 Å². The van der Waals surface area contributed by atoms with Crippen molar-refractivity contribution < 1.29 is 4.74 Å². The second kappa shape index (κ2) is 6.69. The highest BCUT2D eigenvalue weighted by Crippen LogP contribution is 2.29. The first kappa shape index (κ1) is 15.3. The molecule has 0 radical (unpaired) electrons. The van der Waals surface area contributed by atoms with Crippen molar-refractivity contribution >= 4 is 27.1 Å². The van der Waals surface area contributed by atoms with Crippen molar-refractivity contribution in [3.8, 4) is 5.75 Å². The van der Waals surface area contributed by atoms with Crippen LogP contribution >= 0.6 is 11.3 Å². The Morgan fingerprint density at radius 1 is 1.27 bits per heavy atom. The van der Waals surface area contributed by atoms with E-state index in [1.165, 1.54) is 32.1 Å². The third-order valence-electron chi connectivity index (χ3n) is 4.63. The summed E-state index contributed by atoms with van der Waals surface area (Å²) in [6, 6.07) is 6.27. The lowest BCUT2D eigenvalue weighted by atomic mass is 9.94. The predicted molar refractivity (Wildman–Crippen MR) is 94.5 cm³/mol. The molecule has 22 heavy (non-hydrogen) atoms. The average molecular weight is 317 g/mol. The third kappa shape index (κ3) is 2.84. The highest BCUT2D eigenvalue weighted by molar-refractivity contribution is 7.16. The number of rotatable bonds is 4. The molecular formula is C18H23NO2S. The third-order valence-corrected chi connectivity index (χ3v) is 5.58. The van der Waals surface area contributed by atoms with E-state index in [1.54, 1.807) is 18.4 Å². The maximum Gasteiger partial charge on any atom is 0.211 e. The molecule has 3 nitrogen and oxygen atoms in total. The Balaban J connectivity index is 2.05. The van der Waals surface area contributed by atoms with Gasteiger partial charge in [-0.15, -0.1) is 11.3 Å². The van der Waals surface area contributed by atoms with Gasteiger partial charge >= 0.3 is 0 Å². The minimum absolute atomic E-state index is 0.139. The van der Waals surface area contributed by atoms with Crippen LogP contribution in [-0.2, 0) is 0 Å². The Kier molecular flexibility index (Phi) is 4.67. The zero-order valence-corrected chi connectivity index (χ0v) is 14.1. The van der Waals surface area contributed by atoms with Gasteiger partial charge in [0.05, 0.1) is 12.8 Å². The summed E-state index contributed by atoms with van der Waals surface area (Å²) in [5.74, 6) is 0.745. The van der Waals surface area contributed by atoms with Crippen molar-refractivity contribution in [3.05, 3.63) is 33.8 Å². The summed E-state index contributed by atoms with van der Waals surface area (Å²) < 4.78 is 6.29. The van der Waals surface area contributed by atoms with Crippen molar-refractivity contribution in [1.82, 2.24) is 0 Å². The zero-order valence-electron chi connectivity index (χ0n) is 13.3. The van der Waals surface area contributed by atoms with Gasteiger partial charge < -0.3 is 9.64 Å². The summed E-state index contributed by atoms with van der Waals surface area (Å²) in [5, 5.41) is 2.81. The summed E-state index contributed by atoms with van der Waals surface area (Å²) in [7, 11) is 1.64. The molecule has 1 aliphatic carbocycles. The molecule has 2 aromatic rings. The van der Waals surface area contributed by atoms with Crippen LogP contribution in [-0.4, -0.2) is 19.7 Å². The van der Waals surface area contributed by atoms with Crippen LogP contribution in [0, 0.1) is 0 Å². The van der Waals surface area contributed by atoms with Gasteiger partial charge in [-0.3, -0.25) is 4.79 Å². The quantitative estimate of drug-likeness (QED) is 0.835. The van der Waals surface area contributed by atoms with Crippen molar-refractivity contribution in [2.75, 3.05) is 18.6 Å². The molecule has 0 N–H and O–H groups in total. The number of benzene rings is 1. The van der Waals surface area contributed by atoms with E-state index in [-0.39, 0.29) is 5.43 Å². The highest BCUT2D eigenvalue weighted by atomic mass is 32.1. The van der Waals surface area contributed by atoms with E-state index in [4.69, 9.17) is 4.74 Å². The SMILES string of the molecule is CCN(c1csc2ccc(OC)cc2c1=O)C1CCCCC1. The molecular weight excluding hydrogens is 294 g/mol. The van der Waals surface area contributed by atoms with E-state index in [1.807, 2.05) is 23.6 Å². The van der Waals surface area contributed by atoms with E-state index < -0.39 is 0 Å². The van der Waals surface area contributed by atoms with E-state index >= 15 is 0 Å². The first-order valence-electron chi connectivity index (χ1n) is 8.10. The largest absolute Gasteiger partial charge is 0.497 e. The summed E-state index contributed by atoms with van der Waals surface area (Å²) in [4.78, 5) is 15.3. The van der Waals surface area contributed by atoms with Gasteiger partial charge in [-0.05, 0) is 38.0 Å². The number of nitrogens with zero attached hydrogens (tertiary/aromatic N) is 1. The summed E-state index contributed by atoms with van der Waals surface area (Å²) in [6.07, 6.45) is 6.29. The fourth-order valence-electron chi connectivity index (χ4n) is 3.44. The minimum Gasteiger partial charge on any atom is -0.497 e. The van der Waals surface area contributed by atoms with Crippen LogP contribution in [0.4, 0.5) is 5.69 Å². The molecule has 0 saturated heterocycles. The van der Waals surface area contributed by atoms with Crippen molar-refractivity contribution in [1.29, 1.82) is 0 Å². The average Bonchev–Trinajstić information content (AvgIpc) is 2.58. The van der Waals surface area contributed by atoms with E-state index in [0.29, 0.717) is 6.04 Å². The predicted octanol–water partition coefficient (Wildman–Crippen LogP) is 4.43. The Morgan fingerprint density at radius 2 is 2.05 bits per heavy atom. The molecule has 0 unspecified atom stereocenters. The number of ether oxygens (including phenoxy) is 1. The number of hydrogen-bond donors (Lipinski definition) is 0. The zero-order chi connectivity index (χ0) is 15.5. The van der Waals surface area contributed by atoms with Gasteiger partial charge in [0, 0.05) is 28.1 Å². The Bertz CT molecular complexity index is 704. The molecule has 1 aliphatic rings. The molecule has 0 bridgehead atoms. The van der Waals surface area contributed by atoms with Gasteiger partial charge in [0.15, 0.2) is 0 Å². The van der Waals surface area contributed by atoms with Crippen LogP contribution in [0.2, 0.25) is 0 Å². The van der Waals surface area contributed by atoms with Gasteiger partial charge in [-0.25, -0.2) is 0 Å². The smallest absolute Gasteiger partial charge is 0.211 e. The molecule has 1 aromatic heterocycles. The summed E-state index contributed by atoms with van der Waals surface area (Å²) >= 11 is 1.65. The van der Waals surface area contributed by atoms with E-state index in [2.05, 4.69) is 11.8 Å². The molecule has 1 aromatic carbocycles. The molecule has 0 amide bonds. The lowest BCUT2D eigenvalue weighted by Gasteiger charge is -2.34. The van der Waals surface area contributed by atoms with E-state index in [9.17, 15) is 4.79 Å². The normalized spacial score (nSPS) is 15.9. The number of anilines is 1. The Hall–Kier alpha value is -1.55. The van der Waals surface area contributed by atoms with Crippen molar-refractivity contribution in [2.45, 2.75) is 45.1 Å². The highest BCUT2D eigenvalue weighted by Gasteiger charge is 2.22. The van der Waals surface area contributed by atoms with Crippen LogP contribution < -0.4 is 15.1 Å². The van der Waals surface area contributed by atoms with Crippen LogP contribution in [0.1, 0.15) is 39.0 Å². The first-order valence-corrected chi connectivity index (χ1v) is 8.98. The van der Waals surface area contributed by atoms with Gasteiger partial charge in [-0.1, -0.05) is 19.3 Å². The first-order chi connectivity index (χ1) is 10.7. The molecule has 1 fully saturated rings. The molecule has 4 heteroatoms. The maximum absolute atomic E-state index is 12.9. The molecule has 3 rings (SSSR count). The van der Waals surface area contributed by atoms with Crippen LogP contribution in [0.15, 0.2) is 28.4 Å². The second-order valence-corrected chi connectivity index (χ2v) is 6.80. The van der Waals surface area contributed by atoms with Crippen LogP contribution in [0.25, 0.3) is 10.1 Å². The summed E-state index contributed by atoms with van der Waals surface area (Å²) in [5.41, 5.74) is 1.00. The fourth-order valence-corrected chi connectivity index (χ4v) is 4.35. The lowest BCUT2D eigenvalue weighted by molar-refractivity contribution is 0.415. The van der Waals surface area contributed by atoms with Gasteiger partial charge in [0.1, 0.15) is 5.75 Å². The molecule has 0 atom stereocenters. The van der Waals surface area contributed by atoms with Gasteiger partial charge in [0.2, 0.25) is 5.43 Å². The molecule has 0 aliphatic heterocycles. The summed E-state index contributed by atoms with van der Waals surface area (Å²) in [6.45, 7) is 3.04. The van der Waals surface area contributed by atoms with Crippen molar-refractivity contribution in [3.63, 3.8) is 0 Å². The van der Waals surface area contributed by atoms with Crippen LogP contribution in [0.5, 0.6) is 5.75 Å². The minimum atomic E-state index is 0.139. The van der Waals surface area contributed by atoms with Gasteiger partial charge in [-0.2, -0.15) is 0 Å². The molecule has 1 saturated carbocycles. The number of methoxy groups -OCH3 is 1. The number of hydrogen-bond acceptors (Lipinski definition) is 4. The molecule has 1 heterocycles. The Labute approximate surface area is 135 Å². The van der Waals surface area contributed by atoms with E-state index in [0.717, 1.165) is 28.1 Å². The molecule has 0 spiro atoms. The van der Waals surface area contributed by atoms with Gasteiger partial charge in [0.25, 0.3) is 0 Å². The van der Waals surface area contributed by atoms with Crippen molar-refractivity contribution in [2.24, 2.45) is 0 Å². The number of fused-ring (bicyclic) bond motifs is 1. The Morgan fingerprint density at radius 3 is 2.73 bits per heavy atom. The standard InChI is InChI=1S/C18H23NO2S/c1-3-19(13-7-5-4-6-8-13)16-12-22-17-10-9-14(21-2)11-15(17)18(16)20/h9-13H,3-8H2,1-2H3. The fraction of sp³-hybridized carbons (Fsp3) is 0.500. The maximum atomic E-state index is 12.9. The molecule has 118 valence electrons.